The summed E-state index contributed by atoms with van der Waals surface area (Å²) in [5.41, 5.74) is 0.795. The fourth-order valence-electron chi connectivity index (χ4n) is 1.81. The molecule has 1 aromatic rings. The van der Waals surface area contributed by atoms with Crippen LogP contribution in [0.1, 0.15) is 11.6 Å². The number of benzene rings is 1. The molecule has 0 spiro atoms. The molecule has 1 unspecified atom stereocenters. The average Bonchev–Trinajstić information content (AvgIpc) is 2.79. The van der Waals surface area contributed by atoms with Gasteiger partial charge in [-0.2, -0.15) is 0 Å². The minimum absolute atomic E-state index is 0.136. The number of hydrogen-bond acceptors (Lipinski definition) is 4. The van der Waals surface area contributed by atoms with Crippen LogP contribution in [0.25, 0.3) is 0 Å². The summed E-state index contributed by atoms with van der Waals surface area (Å²) in [6.07, 6.45) is 0. The molecule has 0 radical (unpaired) electrons. The number of rotatable bonds is 3. The monoisotopic (exact) mass is 249 g/mol. The molecule has 1 amide bonds. The highest BCUT2D eigenvalue weighted by Gasteiger charge is 2.29. The third-order valence-electron chi connectivity index (χ3n) is 2.75. The van der Waals surface area contributed by atoms with E-state index in [1.165, 1.54) is 0 Å². The summed E-state index contributed by atoms with van der Waals surface area (Å²) in [5, 5.41) is 5.63. The molecule has 1 fully saturated rings. The molecule has 2 N–H and O–H groups in total. The number of amides is 1. The minimum atomic E-state index is -0.455. The maximum Gasteiger partial charge on any atom is 0.253 e. The molecule has 1 aliphatic heterocycles. The SMILES string of the molecule is CN=C1NC(=O)C(c2ccc(OC)c(OC)c2)N1. The van der Waals surface area contributed by atoms with Gasteiger partial charge in [-0.05, 0) is 17.7 Å². The number of guanidine groups is 1. The van der Waals surface area contributed by atoms with E-state index in [9.17, 15) is 4.79 Å². The fourth-order valence-corrected chi connectivity index (χ4v) is 1.81. The summed E-state index contributed by atoms with van der Waals surface area (Å²) in [4.78, 5) is 15.7. The third kappa shape index (κ3) is 2.09. The van der Waals surface area contributed by atoms with Gasteiger partial charge in [0.2, 0.25) is 0 Å². The summed E-state index contributed by atoms with van der Waals surface area (Å²) in [7, 11) is 4.74. The highest BCUT2D eigenvalue weighted by Crippen LogP contribution is 2.30. The maximum absolute atomic E-state index is 11.8. The van der Waals surface area contributed by atoms with Gasteiger partial charge in [-0.1, -0.05) is 6.07 Å². The first kappa shape index (κ1) is 12.2. The van der Waals surface area contributed by atoms with Crippen LogP contribution >= 0.6 is 0 Å². The van der Waals surface area contributed by atoms with Crippen LogP contribution in [0.2, 0.25) is 0 Å². The second-order valence-corrected chi connectivity index (χ2v) is 3.75. The molecule has 0 saturated carbocycles. The Morgan fingerprint density at radius 2 is 1.94 bits per heavy atom. The summed E-state index contributed by atoms with van der Waals surface area (Å²) in [5.74, 6) is 1.55. The Bertz CT molecular complexity index is 499. The van der Waals surface area contributed by atoms with Gasteiger partial charge in [-0.3, -0.25) is 15.1 Å². The summed E-state index contributed by atoms with van der Waals surface area (Å²) in [6.45, 7) is 0. The summed E-state index contributed by atoms with van der Waals surface area (Å²) < 4.78 is 10.4. The van der Waals surface area contributed by atoms with Crippen LogP contribution in [0.4, 0.5) is 0 Å². The molecule has 0 aromatic heterocycles. The first-order valence-electron chi connectivity index (χ1n) is 5.45. The molecule has 6 nitrogen and oxygen atoms in total. The van der Waals surface area contributed by atoms with Crippen LogP contribution in [0.15, 0.2) is 23.2 Å². The second-order valence-electron chi connectivity index (χ2n) is 3.75. The van der Waals surface area contributed by atoms with E-state index >= 15 is 0 Å². The largest absolute Gasteiger partial charge is 0.493 e. The zero-order chi connectivity index (χ0) is 13.1. The lowest BCUT2D eigenvalue weighted by Crippen LogP contribution is -2.24. The van der Waals surface area contributed by atoms with Crippen LogP contribution in [0.3, 0.4) is 0 Å². The molecule has 1 aromatic carbocycles. The smallest absolute Gasteiger partial charge is 0.253 e. The van der Waals surface area contributed by atoms with Crippen molar-refractivity contribution in [3.05, 3.63) is 23.8 Å². The van der Waals surface area contributed by atoms with E-state index in [1.807, 2.05) is 6.07 Å². The van der Waals surface area contributed by atoms with Gasteiger partial charge in [-0.15, -0.1) is 0 Å². The molecule has 2 rings (SSSR count). The molecule has 1 heterocycles. The van der Waals surface area contributed by atoms with Crippen LogP contribution in [0.5, 0.6) is 11.5 Å². The highest BCUT2D eigenvalue weighted by atomic mass is 16.5. The minimum Gasteiger partial charge on any atom is -0.493 e. The number of aliphatic imine (C=N–C) groups is 1. The van der Waals surface area contributed by atoms with Gasteiger partial charge in [0.25, 0.3) is 5.91 Å². The van der Waals surface area contributed by atoms with E-state index in [4.69, 9.17) is 9.47 Å². The van der Waals surface area contributed by atoms with E-state index in [0.29, 0.717) is 17.5 Å². The van der Waals surface area contributed by atoms with Gasteiger partial charge in [-0.25, -0.2) is 0 Å². The molecule has 0 aliphatic carbocycles. The summed E-state index contributed by atoms with van der Waals surface area (Å²) in [6, 6.07) is 4.90. The number of carbonyl (C=O) groups excluding carboxylic acids is 1. The average molecular weight is 249 g/mol. The van der Waals surface area contributed by atoms with E-state index in [-0.39, 0.29) is 5.91 Å². The number of nitrogens with zero attached hydrogens (tertiary/aromatic N) is 1. The molecule has 1 atom stereocenters. The quantitative estimate of drug-likeness (QED) is 0.816. The van der Waals surface area contributed by atoms with Crippen molar-refractivity contribution in [2.24, 2.45) is 4.99 Å². The van der Waals surface area contributed by atoms with E-state index in [0.717, 1.165) is 5.56 Å². The number of methoxy groups -OCH3 is 2. The number of carbonyl (C=O) groups is 1. The van der Waals surface area contributed by atoms with Gasteiger partial charge in [0, 0.05) is 7.05 Å². The second kappa shape index (κ2) is 4.95. The third-order valence-corrected chi connectivity index (χ3v) is 2.75. The van der Waals surface area contributed by atoms with E-state index < -0.39 is 6.04 Å². The molecular formula is C12H15N3O3. The normalized spacial score (nSPS) is 20.5. The highest BCUT2D eigenvalue weighted by molar-refractivity contribution is 6.06. The Morgan fingerprint density at radius 1 is 1.22 bits per heavy atom. The predicted octanol–water partition coefficient (Wildman–Crippen LogP) is 0.450. The van der Waals surface area contributed by atoms with Crippen molar-refractivity contribution in [3.8, 4) is 11.5 Å². The van der Waals surface area contributed by atoms with Gasteiger partial charge in [0.15, 0.2) is 17.5 Å². The molecule has 1 saturated heterocycles. The zero-order valence-corrected chi connectivity index (χ0v) is 10.5. The Balaban J connectivity index is 2.32. The van der Waals surface area contributed by atoms with Crippen LogP contribution < -0.4 is 20.1 Å². The Labute approximate surface area is 105 Å². The Kier molecular flexibility index (Phi) is 3.36. The van der Waals surface area contributed by atoms with Crippen molar-refractivity contribution in [3.63, 3.8) is 0 Å². The van der Waals surface area contributed by atoms with Gasteiger partial charge < -0.3 is 14.8 Å². The van der Waals surface area contributed by atoms with E-state index in [1.54, 1.807) is 33.4 Å². The predicted molar refractivity (Wildman–Crippen MR) is 66.9 cm³/mol. The van der Waals surface area contributed by atoms with Crippen molar-refractivity contribution < 1.29 is 14.3 Å². The van der Waals surface area contributed by atoms with Crippen LogP contribution in [-0.2, 0) is 4.79 Å². The topological polar surface area (TPSA) is 72.0 Å². The first-order valence-corrected chi connectivity index (χ1v) is 5.45. The van der Waals surface area contributed by atoms with Crippen LogP contribution in [-0.4, -0.2) is 33.1 Å². The lowest BCUT2D eigenvalue weighted by Gasteiger charge is -2.12. The van der Waals surface area contributed by atoms with Crippen molar-refractivity contribution in [2.75, 3.05) is 21.3 Å². The number of hydrogen-bond donors (Lipinski definition) is 2. The van der Waals surface area contributed by atoms with Gasteiger partial charge in [0.05, 0.1) is 14.2 Å². The first-order chi connectivity index (χ1) is 8.69. The van der Waals surface area contributed by atoms with Crippen LogP contribution in [0, 0.1) is 0 Å². The lowest BCUT2D eigenvalue weighted by atomic mass is 10.1. The standard InChI is InChI=1S/C12H15N3O3/c1-13-12-14-10(11(16)15-12)7-4-5-8(17-2)9(6-7)18-3/h4-6,10H,1-3H3,(H2,13,14,15,16). The van der Waals surface area contributed by atoms with Crippen molar-refractivity contribution >= 4 is 11.9 Å². The Morgan fingerprint density at radius 3 is 2.50 bits per heavy atom. The van der Waals surface area contributed by atoms with Crippen molar-refractivity contribution in [2.45, 2.75) is 6.04 Å². The molecule has 18 heavy (non-hydrogen) atoms. The summed E-state index contributed by atoms with van der Waals surface area (Å²) >= 11 is 0. The molecular weight excluding hydrogens is 234 g/mol. The van der Waals surface area contributed by atoms with Gasteiger partial charge >= 0.3 is 0 Å². The maximum atomic E-state index is 11.8. The molecule has 96 valence electrons. The van der Waals surface area contributed by atoms with E-state index in [2.05, 4.69) is 15.6 Å². The van der Waals surface area contributed by atoms with Gasteiger partial charge in [0.1, 0.15) is 6.04 Å². The van der Waals surface area contributed by atoms with Crippen molar-refractivity contribution in [1.82, 2.24) is 10.6 Å². The fraction of sp³-hybridized carbons (Fsp3) is 0.333. The molecule has 0 bridgehead atoms. The molecule has 1 aliphatic rings. The number of ether oxygens (including phenoxy) is 2. The zero-order valence-electron chi connectivity index (χ0n) is 10.5. The Hall–Kier alpha value is -2.24. The lowest BCUT2D eigenvalue weighted by molar-refractivity contribution is -0.120. The molecule has 6 heteroatoms. The number of nitrogens with one attached hydrogen (secondary N) is 2. The van der Waals surface area contributed by atoms with Crippen molar-refractivity contribution in [1.29, 1.82) is 0 Å².